The summed E-state index contributed by atoms with van der Waals surface area (Å²) in [6, 6.07) is 0. The first kappa shape index (κ1) is 14.8. The lowest BCUT2D eigenvalue weighted by atomic mass is 9.92. The van der Waals surface area contributed by atoms with Gasteiger partial charge in [0, 0.05) is 19.8 Å². The van der Waals surface area contributed by atoms with E-state index in [0.717, 1.165) is 44.4 Å². The number of carbonyl (C=O) groups excluding carboxylic acids is 1. The maximum Gasteiger partial charge on any atom is 0.207 e. The standard InChI is InChI=1S/C15H28N2O2/c18-13-16-7-1-2-14-3-8-17(9-4-14)10-5-15-6-11-19-12-15/h13-15H,1-12H2,(H,16,18). The fourth-order valence-electron chi connectivity index (χ4n) is 3.23. The molecule has 4 heteroatoms. The summed E-state index contributed by atoms with van der Waals surface area (Å²) in [5.74, 6) is 1.69. The minimum absolute atomic E-state index is 0.801. The zero-order valence-electron chi connectivity index (χ0n) is 12.0. The minimum atomic E-state index is 0.801. The van der Waals surface area contributed by atoms with Gasteiger partial charge in [0.15, 0.2) is 0 Å². The van der Waals surface area contributed by atoms with Gasteiger partial charge in [-0.05, 0) is 70.0 Å². The Morgan fingerprint density at radius 1 is 1.16 bits per heavy atom. The maximum absolute atomic E-state index is 10.2. The largest absolute Gasteiger partial charge is 0.381 e. The number of piperidine rings is 1. The van der Waals surface area contributed by atoms with Crippen molar-refractivity contribution < 1.29 is 9.53 Å². The lowest BCUT2D eigenvalue weighted by molar-refractivity contribution is -0.109. The number of hydrogen-bond donors (Lipinski definition) is 1. The van der Waals surface area contributed by atoms with Crippen LogP contribution in [0.15, 0.2) is 0 Å². The second-order valence-electron chi connectivity index (χ2n) is 6.02. The summed E-state index contributed by atoms with van der Waals surface area (Å²) in [7, 11) is 0. The van der Waals surface area contributed by atoms with Gasteiger partial charge in [0.1, 0.15) is 0 Å². The zero-order valence-corrected chi connectivity index (χ0v) is 12.0. The molecular weight excluding hydrogens is 240 g/mol. The SMILES string of the molecule is O=CNCCCC1CCN(CCC2CCOC2)CC1. The third kappa shape index (κ3) is 5.49. The van der Waals surface area contributed by atoms with E-state index in [4.69, 9.17) is 4.74 Å². The first-order valence-corrected chi connectivity index (χ1v) is 7.85. The van der Waals surface area contributed by atoms with Crippen molar-refractivity contribution >= 4 is 6.41 Å². The van der Waals surface area contributed by atoms with E-state index in [-0.39, 0.29) is 0 Å². The Hall–Kier alpha value is -0.610. The maximum atomic E-state index is 10.2. The molecule has 0 aromatic heterocycles. The highest BCUT2D eigenvalue weighted by molar-refractivity contribution is 5.45. The van der Waals surface area contributed by atoms with Crippen LogP contribution in [0.5, 0.6) is 0 Å². The monoisotopic (exact) mass is 268 g/mol. The van der Waals surface area contributed by atoms with Crippen molar-refractivity contribution in [2.24, 2.45) is 11.8 Å². The second kappa shape index (κ2) is 8.54. The van der Waals surface area contributed by atoms with Crippen molar-refractivity contribution in [1.82, 2.24) is 10.2 Å². The van der Waals surface area contributed by atoms with E-state index in [1.165, 1.54) is 51.7 Å². The molecule has 19 heavy (non-hydrogen) atoms. The van der Waals surface area contributed by atoms with Gasteiger partial charge in [-0.15, -0.1) is 0 Å². The number of rotatable bonds is 8. The van der Waals surface area contributed by atoms with Crippen molar-refractivity contribution in [3.05, 3.63) is 0 Å². The molecule has 0 aromatic carbocycles. The highest BCUT2D eigenvalue weighted by atomic mass is 16.5. The lowest BCUT2D eigenvalue weighted by Gasteiger charge is -2.32. The number of nitrogens with one attached hydrogen (secondary N) is 1. The van der Waals surface area contributed by atoms with E-state index >= 15 is 0 Å². The van der Waals surface area contributed by atoms with Gasteiger partial charge in [0.25, 0.3) is 0 Å². The summed E-state index contributed by atoms with van der Waals surface area (Å²) >= 11 is 0. The van der Waals surface area contributed by atoms with Gasteiger partial charge in [-0.1, -0.05) is 0 Å². The quantitative estimate of drug-likeness (QED) is 0.537. The second-order valence-corrected chi connectivity index (χ2v) is 6.02. The van der Waals surface area contributed by atoms with Crippen LogP contribution in [0.2, 0.25) is 0 Å². The van der Waals surface area contributed by atoms with Crippen LogP contribution in [0.1, 0.15) is 38.5 Å². The van der Waals surface area contributed by atoms with Crippen LogP contribution in [0.4, 0.5) is 0 Å². The molecule has 0 bridgehead atoms. The molecule has 1 N–H and O–H groups in total. The Morgan fingerprint density at radius 3 is 2.68 bits per heavy atom. The molecule has 0 saturated carbocycles. The van der Waals surface area contributed by atoms with Crippen molar-refractivity contribution in [2.75, 3.05) is 39.4 Å². The van der Waals surface area contributed by atoms with Crippen molar-refractivity contribution in [3.8, 4) is 0 Å². The molecule has 4 nitrogen and oxygen atoms in total. The smallest absolute Gasteiger partial charge is 0.207 e. The molecule has 0 aromatic rings. The van der Waals surface area contributed by atoms with E-state index in [0.29, 0.717) is 0 Å². The van der Waals surface area contributed by atoms with Gasteiger partial charge >= 0.3 is 0 Å². The fourth-order valence-corrected chi connectivity index (χ4v) is 3.23. The van der Waals surface area contributed by atoms with Crippen LogP contribution in [-0.4, -0.2) is 50.7 Å². The topological polar surface area (TPSA) is 41.6 Å². The summed E-state index contributed by atoms with van der Waals surface area (Å²) in [6.45, 7) is 6.58. The van der Waals surface area contributed by atoms with E-state index < -0.39 is 0 Å². The van der Waals surface area contributed by atoms with Crippen LogP contribution < -0.4 is 5.32 Å². The Kier molecular flexibility index (Phi) is 6.65. The molecular formula is C15H28N2O2. The molecule has 2 fully saturated rings. The van der Waals surface area contributed by atoms with Crippen molar-refractivity contribution in [1.29, 1.82) is 0 Å². The van der Waals surface area contributed by atoms with Gasteiger partial charge in [0.2, 0.25) is 6.41 Å². The predicted molar refractivity (Wildman–Crippen MR) is 76.0 cm³/mol. The first-order chi connectivity index (χ1) is 9.38. The third-order valence-electron chi connectivity index (χ3n) is 4.60. The summed E-state index contributed by atoms with van der Waals surface area (Å²) in [6.07, 6.45) is 8.45. The number of hydrogen-bond acceptors (Lipinski definition) is 3. The molecule has 2 heterocycles. The van der Waals surface area contributed by atoms with E-state index in [2.05, 4.69) is 10.2 Å². The molecule has 2 rings (SSSR count). The molecule has 0 spiro atoms. The number of likely N-dealkylation sites (tertiary alicyclic amines) is 1. The Balaban J connectivity index is 1.50. The molecule has 1 atom stereocenters. The zero-order chi connectivity index (χ0) is 13.3. The highest BCUT2D eigenvalue weighted by Crippen LogP contribution is 2.23. The van der Waals surface area contributed by atoms with Crippen LogP contribution >= 0.6 is 0 Å². The number of nitrogens with zero attached hydrogens (tertiary/aromatic N) is 1. The third-order valence-corrected chi connectivity index (χ3v) is 4.60. The van der Waals surface area contributed by atoms with Crippen LogP contribution in [-0.2, 0) is 9.53 Å². The van der Waals surface area contributed by atoms with Gasteiger partial charge in [0.05, 0.1) is 0 Å². The highest BCUT2D eigenvalue weighted by Gasteiger charge is 2.21. The normalized spacial score (nSPS) is 25.6. The lowest BCUT2D eigenvalue weighted by Crippen LogP contribution is -2.35. The van der Waals surface area contributed by atoms with E-state index in [9.17, 15) is 4.79 Å². The van der Waals surface area contributed by atoms with Crippen molar-refractivity contribution in [2.45, 2.75) is 38.5 Å². The average molecular weight is 268 g/mol. The summed E-state index contributed by atoms with van der Waals surface area (Å²) in [5, 5.41) is 2.75. The first-order valence-electron chi connectivity index (χ1n) is 7.85. The molecule has 0 aliphatic carbocycles. The van der Waals surface area contributed by atoms with E-state index in [1.807, 2.05) is 0 Å². The predicted octanol–water partition coefficient (Wildman–Crippen LogP) is 1.65. The summed E-state index contributed by atoms with van der Waals surface area (Å²) < 4.78 is 5.43. The van der Waals surface area contributed by atoms with Gasteiger partial charge in [-0.2, -0.15) is 0 Å². The van der Waals surface area contributed by atoms with Crippen molar-refractivity contribution in [3.63, 3.8) is 0 Å². The molecule has 1 unspecified atom stereocenters. The Labute approximate surface area is 116 Å². The van der Waals surface area contributed by atoms with E-state index in [1.54, 1.807) is 0 Å². The van der Waals surface area contributed by atoms with Gasteiger partial charge < -0.3 is 15.0 Å². The molecule has 2 saturated heterocycles. The minimum Gasteiger partial charge on any atom is -0.381 e. The van der Waals surface area contributed by atoms with Gasteiger partial charge in [-0.25, -0.2) is 0 Å². The molecule has 1 amide bonds. The number of carbonyl (C=O) groups is 1. The summed E-state index contributed by atoms with van der Waals surface area (Å²) in [5.41, 5.74) is 0. The van der Waals surface area contributed by atoms with Crippen LogP contribution in [0.25, 0.3) is 0 Å². The molecule has 2 aliphatic heterocycles. The van der Waals surface area contributed by atoms with Crippen LogP contribution in [0, 0.1) is 11.8 Å². The molecule has 110 valence electrons. The molecule has 0 radical (unpaired) electrons. The fraction of sp³-hybridized carbons (Fsp3) is 0.933. The van der Waals surface area contributed by atoms with Crippen LogP contribution in [0.3, 0.4) is 0 Å². The Bertz CT molecular complexity index is 247. The average Bonchev–Trinajstić information content (AvgIpc) is 2.96. The summed E-state index contributed by atoms with van der Waals surface area (Å²) in [4.78, 5) is 12.8. The molecule has 2 aliphatic rings. The number of ether oxygens (including phenoxy) is 1. The van der Waals surface area contributed by atoms with Gasteiger partial charge in [-0.3, -0.25) is 4.79 Å². The number of amides is 1. The Morgan fingerprint density at radius 2 is 2.00 bits per heavy atom.